The van der Waals surface area contributed by atoms with E-state index in [1.54, 1.807) is 0 Å². The van der Waals surface area contributed by atoms with Crippen LogP contribution in [0.5, 0.6) is 0 Å². The Morgan fingerprint density at radius 3 is 2.78 bits per heavy atom. The summed E-state index contributed by atoms with van der Waals surface area (Å²) in [7, 11) is 0. The zero-order chi connectivity index (χ0) is 17.0. The average Bonchev–Trinajstić information content (AvgIpc) is 2.46. The topological polar surface area (TPSA) is 93.8 Å². The Morgan fingerprint density at radius 1 is 1.43 bits per heavy atom. The van der Waals surface area contributed by atoms with Crippen molar-refractivity contribution in [2.24, 2.45) is 0 Å². The minimum absolute atomic E-state index is 0.111. The van der Waals surface area contributed by atoms with Gasteiger partial charge in [0.1, 0.15) is 5.60 Å². The molecule has 128 valence electrons. The van der Waals surface area contributed by atoms with Crippen LogP contribution in [0.4, 0.5) is 10.5 Å². The van der Waals surface area contributed by atoms with Crippen molar-refractivity contribution in [2.75, 3.05) is 12.3 Å². The van der Waals surface area contributed by atoms with Crippen molar-refractivity contribution in [3.63, 3.8) is 0 Å². The van der Waals surface area contributed by atoms with Gasteiger partial charge in [0, 0.05) is 17.8 Å². The maximum atomic E-state index is 11.7. The van der Waals surface area contributed by atoms with E-state index < -0.39 is 17.8 Å². The average molecular weight is 322 g/mol. The molecule has 1 saturated heterocycles. The summed E-state index contributed by atoms with van der Waals surface area (Å²) in [4.78, 5) is 11.7. The van der Waals surface area contributed by atoms with Crippen LogP contribution >= 0.6 is 0 Å². The number of amides is 1. The molecule has 0 spiro atoms. The summed E-state index contributed by atoms with van der Waals surface area (Å²) in [5.41, 5.74) is 8.01. The van der Waals surface area contributed by atoms with Gasteiger partial charge in [0.2, 0.25) is 0 Å². The van der Waals surface area contributed by atoms with Crippen molar-refractivity contribution in [2.45, 2.75) is 58.0 Å². The first-order valence-electron chi connectivity index (χ1n) is 7.89. The number of hydrogen-bond acceptors (Lipinski definition) is 5. The van der Waals surface area contributed by atoms with Gasteiger partial charge in [0.15, 0.2) is 0 Å². The molecule has 6 nitrogen and oxygen atoms in total. The van der Waals surface area contributed by atoms with Crippen LogP contribution in [0.25, 0.3) is 0 Å². The summed E-state index contributed by atoms with van der Waals surface area (Å²) in [5.74, 6) is 0. The lowest BCUT2D eigenvalue weighted by molar-refractivity contribution is -0.0565. The van der Waals surface area contributed by atoms with Gasteiger partial charge < -0.3 is 25.6 Å². The zero-order valence-electron chi connectivity index (χ0n) is 14.0. The quantitative estimate of drug-likeness (QED) is 0.743. The van der Waals surface area contributed by atoms with E-state index in [0.717, 1.165) is 17.5 Å². The summed E-state index contributed by atoms with van der Waals surface area (Å²) < 4.78 is 10.9. The maximum Gasteiger partial charge on any atom is 0.407 e. The molecule has 0 saturated carbocycles. The molecule has 1 aliphatic heterocycles. The third-order valence-electron chi connectivity index (χ3n) is 3.59. The van der Waals surface area contributed by atoms with E-state index in [-0.39, 0.29) is 6.10 Å². The van der Waals surface area contributed by atoms with Gasteiger partial charge in [-0.25, -0.2) is 4.79 Å². The van der Waals surface area contributed by atoms with E-state index >= 15 is 0 Å². The van der Waals surface area contributed by atoms with Gasteiger partial charge in [0.25, 0.3) is 0 Å². The van der Waals surface area contributed by atoms with Crippen LogP contribution in [0.1, 0.15) is 50.8 Å². The van der Waals surface area contributed by atoms with Gasteiger partial charge in [0.05, 0.1) is 18.8 Å². The van der Waals surface area contributed by atoms with E-state index in [4.69, 9.17) is 15.2 Å². The van der Waals surface area contributed by atoms with Crippen molar-refractivity contribution in [1.82, 2.24) is 5.32 Å². The lowest BCUT2D eigenvalue weighted by Gasteiger charge is -2.27. The number of benzene rings is 1. The number of alkyl carbamates (subject to hydrolysis) is 1. The van der Waals surface area contributed by atoms with E-state index in [1.165, 1.54) is 0 Å². The third-order valence-corrected chi connectivity index (χ3v) is 3.59. The van der Waals surface area contributed by atoms with Crippen LogP contribution in [0, 0.1) is 0 Å². The molecule has 1 aliphatic rings. The standard InChI is InChI=1S/C17H26N2O4/c1-17(2,3)23-16(21)19-9-11-4-6-14(18)13(8-11)15-7-5-12(20)10-22-15/h4,6,8,12,15,20H,5,7,9-10,18H2,1-3H3,(H,19,21)/t12-,15+/m0/s1. The first-order valence-corrected chi connectivity index (χ1v) is 7.89. The fourth-order valence-electron chi connectivity index (χ4n) is 2.48. The molecule has 23 heavy (non-hydrogen) atoms. The Balaban J connectivity index is 1.98. The molecular formula is C17H26N2O4. The Labute approximate surface area is 137 Å². The molecular weight excluding hydrogens is 296 g/mol. The molecule has 6 heteroatoms. The number of nitrogens with one attached hydrogen (secondary N) is 1. The second-order valence-electron chi connectivity index (χ2n) is 6.87. The lowest BCUT2D eigenvalue weighted by Crippen LogP contribution is -2.32. The third kappa shape index (κ3) is 5.41. The van der Waals surface area contributed by atoms with Crippen molar-refractivity contribution >= 4 is 11.8 Å². The predicted molar refractivity (Wildman–Crippen MR) is 87.9 cm³/mol. The van der Waals surface area contributed by atoms with E-state index in [0.29, 0.717) is 25.3 Å². The van der Waals surface area contributed by atoms with Gasteiger partial charge in [-0.3, -0.25) is 0 Å². The summed E-state index contributed by atoms with van der Waals surface area (Å²) in [5, 5.41) is 12.2. The molecule has 1 heterocycles. The van der Waals surface area contributed by atoms with Crippen molar-refractivity contribution < 1.29 is 19.4 Å². The van der Waals surface area contributed by atoms with Crippen LogP contribution < -0.4 is 11.1 Å². The van der Waals surface area contributed by atoms with Gasteiger partial charge >= 0.3 is 6.09 Å². The van der Waals surface area contributed by atoms with Crippen molar-refractivity contribution in [3.05, 3.63) is 29.3 Å². The Hall–Kier alpha value is -1.79. The number of rotatable bonds is 3. The van der Waals surface area contributed by atoms with Crippen LogP contribution in [0.3, 0.4) is 0 Å². The summed E-state index contributed by atoms with van der Waals surface area (Å²) >= 11 is 0. The van der Waals surface area contributed by atoms with Crippen molar-refractivity contribution in [1.29, 1.82) is 0 Å². The van der Waals surface area contributed by atoms with Gasteiger partial charge in [-0.15, -0.1) is 0 Å². The van der Waals surface area contributed by atoms with E-state index in [1.807, 2.05) is 39.0 Å². The number of carbonyl (C=O) groups excluding carboxylic acids is 1. The highest BCUT2D eigenvalue weighted by Crippen LogP contribution is 2.32. The molecule has 1 fully saturated rings. The molecule has 1 amide bonds. The SMILES string of the molecule is CC(C)(C)OC(=O)NCc1ccc(N)c([C@H]2CC[C@H](O)CO2)c1. The number of hydrogen-bond donors (Lipinski definition) is 3. The number of nitrogen functional groups attached to an aromatic ring is 1. The van der Waals surface area contributed by atoms with Gasteiger partial charge in [-0.1, -0.05) is 6.07 Å². The predicted octanol–water partition coefficient (Wildman–Crippen LogP) is 2.51. The summed E-state index contributed by atoms with van der Waals surface area (Å²) in [6.45, 7) is 6.15. The Morgan fingerprint density at radius 2 is 2.17 bits per heavy atom. The minimum atomic E-state index is -0.521. The largest absolute Gasteiger partial charge is 0.444 e. The monoisotopic (exact) mass is 322 g/mol. The second kappa shape index (κ2) is 7.19. The Kier molecular flexibility index (Phi) is 5.49. The highest BCUT2D eigenvalue weighted by atomic mass is 16.6. The number of anilines is 1. The van der Waals surface area contributed by atoms with Crippen LogP contribution in [0.15, 0.2) is 18.2 Å². The number of carbonyl (C=O) groups is 1. The highest BCUT2D eigenvalue weighted by molar-refractivity contribution is 5.67. The van der Waals surface area contributed by atoms with Crippen molar-refractivity contribution in [3.8, 4) is 0 Å². The zero-order valence-corrected chi connectivity index (χ0v) is 14.0. The second-order valence-corrected chi connectivity index (χ2v) is 6.87. The first-order chi connectivity index (χ1) is 10.7. The molecule has 0 aromatic heterocycles. The highest BCUT2D eigenvalue weighted by Gasteiger charge is 2.23. The van der Waals surface area contributed by atoms with Crippen LogP contribution in [-0.4, -0.2) is 29.5 Å². The molecule has 0 unspecified atom stereocenters. The number of nitrogens with two attached hydrogens (primary N) is 1. The van der Waals surface area contributed by atoms with E-state index in [9.17, 15) is 9.90 Å². The Bertz CT molecular complexity index is 546. The molecule has 0 aliphatic carbocycles. The molecule has 1 aromatic carbocycles. The number of ether oxygens (including phenoxy) is 2. The fraction of sp³-hybridized carbons (Fsp3) is 0.588. The first kappa shape index (κ1) is 17.6. The minimum Gasteiger partial charge on any atom is -0.444 e. The molecule has 2 atom stereocenters. The molecule has 0 bridgehead atoms. The van der Waals surface area contributed by atoms with E-state index in [2.05, 4.69) is 5.32 Å². The summed E-state index contributed by atoms with van der Waals surface area (Å²) in [6.07, 6.45) is 0.469. The maximum absolute atomic E-state index is 11.7. The lowest BCUT2D eigenvalue weighted by atomic mass is 9.97. The number of aliphatic hydroxyl groups is 1. The fourth-order valence-corrected chi connectivity index (χ4v) is 2.48. The molecule has 4 N–H and O–H groups in total. The number of aliphatic hydroxyl groups excluding tert-OH is 1. The normalized spacial score (nSPS) is 21.7. The molecule has 1 aromatic rings. The van der Waals surface area contributed by atoms with Crippen LogP contribution in [-0.2, 0) is 16.0 Å². The summed E-state index contributed by atoms with van der Waals surface area (Å²) in [6, 6.07) is 5.62. The smallest absolute Gasteiger partial charge is 0.407 e. The molecule has 0 radical (unpaired) electrons. The molecule has 2 rings (SSSR count). The van der Waals surface area contributed by atoms with Gasteiger partial charge in [-0.2, -0.15) is 0 Å². The van der Waals surface area contributed by atoms with Crippen LogP contribution in [0.2, 0.25) is 0 Å². The van der Waals surface area contributed by atoms with Gasteiger partial charge in [-0.05, 0) is 51.3 Å².